The molecule has 0 fully saturated rings. The number of imidazole rings is 1. The Labute approximate surface area is 149 Å². The molecule has 0 spiro atoms. The second-order valence-corrected chi connectivity index (χ2v) is 6.27. The van der Waals surface area contributed by atoms with Crippen molar-refractivity contribution in [3.63, 3.8) is 0 Å². The molecule has 0 unspecified atom stereocenters. The molecule has 130 valence electrons. The first-order valence-corrected chi connectivity index (χ1v) is 8.28. The van der Waals surface area contributed by atoms with E-state index in [0.29, 0.717) is 23.9 Å². The lowest BCUT2D eigenvalue weighted by Gasteiger charge is -2.08. The molecule has 0 aliphatic heterocycles. The number of aromatic nitrogens is 7. The Balaban J connectivity index is 1.66. The Morgan fingerprint density at radius 3 is 2.77 bits per heavy atom. The second-order valence-electron chi connectivity index (χ2n) is 6.27. The zero-order valence-electron chi connectivity index (χ0n) is 14.4. The van der Waals surface area contributed by atoms with Gasteiger partial charge in [-0.1, -0.05) is 0 Å². The summed E-state index contributed by atoms with van der Waals surface area (Å²) in [7, 11) is 0. The lowest BCUT2D eigenvalue weighted by Crippen LogP contribution is -2.08. The van der Waals surface area contributed by atoms with Crippen molar-refractivity contribution in [3.8, 4) is 11.4 Å². The zero-order chi connectivity index (χ0) is 18.1. The summed E-state index contributed by atoms with van der Waals surface area (Å²) in [6.07, 6.45) is 8.92. The number of H-pyrrole nitrogens is 1. The van der Waals surface area contributed by atoms with Gasteiger partial charge in [-0.2, -0.15) is 0 Å². The first-order chi connectivity index (χ1) is 12.6. The standard InChI is InChI=1S/C18H17N7O/c1-11(2)25-10-23-15-9-20-14(6-16(15)25)5-13-3-4-19-17(24-13)12-7-21-18(26)22-8-12/h3-4,6-11H,5H2,1-2H3,(H,21,22,26). The Morgan fingerprint density at radius 1 is 1.12 bits per heavy atom. The summed E-state index contributed by atoms with van der Waals surface area (Å²) >= 11 is 0. The van der Waals surface area contributed by atoms with E-state index in [1.807, 2.05) is 18.5 Å². The molecule has 0 aliphatic rings. The summed E-state index contributed by atoms with van der Waals surface area (Å²) in [6.45, 7) is 4.24. The molecule has 0 amide bonds. The topological polar surface area (TPSA) is 102 Å². The van der Waals surface area contributed by atoms with E-state index in [1.165, 1.54) is 6.20 Å². The average Bonchev–Trinajstić information content (AvgIpc) is 3.06. The fourth-order valence-corrected chi connectivity index (χ4v) is 2.76. The van der Waals surface area contributed by atoms with Crippen molar-refractivity contribution < 1.29 is 0 Å². The number of hydrogen-bond donors (Lipinski definition) is 1. The van der Waals surface area contributed by atoms with Gasteiger partial charge in [0.25, 0.3) is 0 Å². The van der Waals surface area contributed by atoms with Gasteiger partial charge in [-0.15, -0.1) is 0 Å². The van der Waals surface area contributed by atoms with E-state index in [9.17, 15) is 4.79 Å². The van der Waals surface area contributed by atoms with Crippen molar-refractivity contribution in [1.29, 1.82) is 0 Å². The fraction of sp³-hybridized carbons (Fsp3) is 0.222. The highest BCUT2D eigenvalue weighted by molar-refractivity contribution is 5.74. The molecule has 8 heteroatoms. The van der Waals surface area contributed by atoms with Gasteiger partial charge in [0.2, 0.25) is 0 Å². The molecule has 0 aromatic carbocycles. The molecule has 4 aromatic heterocycles. The van der Waals surface area contributed by atoms with Crippen LogP contribution in [-0.4, -0.2) is 34.5 Å². The van der Waals surface area contributed by atoms with Gasteiger partial charge in [-0.05, 0) is 26.0 Å². The van der Waals surface area contributed by atoms with Gasteiger partial charge in [-0.3, -0.25) is 4.98 Å². The minimum atomic E-state index is -0.399. The Morgan fingerprint density at radius 2 is 2.00 bits per heavy atom. The quantitative estimate of drug-likeness (QED) is 0.607. The molecule has 0 saturated carbocycles. The number of fused-ring (bicyclic) bond motifs is 1. The average molecular weight is 347 g/mol. The SMILES string of the molecule is CC(C)n1cnc2cnc(Cc3ccnc(-c4cnc(=O)[nH]c4)n3)cc21. The van der Waals surface area contributed by atoms with E-state index in [-0.39, 0.29) is 0 Å². The van der Waals surface area contributed by atoms with Crippen LogP contribution in [0.15, 0.2) is 48.0 Å². The molecule has 0 bridgehead atoms. The first-order valence-electron chi connectivity index (χ1n) is 8.28. The summed E-state index contributed by atoms with van der Waals surface area (Å²) in [5, 5.41) is 0. The number of rotatable bonds is 4. The second kappa shape index (κ2) is 6.47. The molecular weight excluding hydrogens is 330 g/mol. The number of pyridine rings is 1. The van der Waals surface area contributed by atoms with Crippen LogP contribution in [-0.2, 0) is 6.42 Å². The number of nitrogens with zero attached hydrogens (tertiary/aromatic N) is 6. The minimum Gasteiger partial charge on any atom is -0.328 e. The van der Waals surface area contributed by atoms with Crippen LogP contribution in [0.4, 0.5) is 0 Å². The van der Waals surface area contributed by atoms with E-state index in [2.05, 4.69) is 48.3 Å². The first kappa shape index (κ1) is 16.1. The largest absolute Gasteiger partial charge is 0.344 e. The van der Waals surface area contributed by atoms with Gasteiger partial charge in [-0.25, -0.2) is 24.7 Å². The Hall–Kier alpha value is -3.42. The Kier molecular flexibility index (Phi) is 4.00. The van der Waals surface area contributed by atoms with E-state index in [0.717, 1.165) is 22.4 Å². The van der Waals surface area contributed by atoms with Crippen LogP contribution in [0.1, 0.15) is 31.3 Å². The molecule has 26 heavy (non-hydrogen) atoms. The predicted molar refractivity (Wildman–Crippen MR) is 96.6 cm³/mol. The fourth-order valence-electron chi connectivity index (χ4n) is 2.76. The van der Waals surface area contributed by atoms with Crippen LogP contribution in [0.3, 0.4) is 0 Å². The van der Waals surface area contributed by atoms with Gasteiger partial charge in [0.1, 0.15) is 5.52 Å². The molecule has 1 N–H and O–H groups in total. The van der Waals surface area contributed by atoms with Crippen molar-refractivity contribution in [2.45, 2.75) is 26.3 Å². The molecule has 0 atom stereocenters. The number of nitrogens with one attached hydrogen (secondary N) is 1. The molecule has 8 nitrogen and oxygen atoms in total. The zero-order valence-corrected chi connectivity index (χ0v) is 14.4. The maximum Gasteiger partial charge on any atom is 0.344 e. The third kappa shape index (κ3) is 3.08. The van der Waals surface area contributed by atoms with E-state index >= 15 is 0 Å². The van der Waals surface area contributed by atoms with Crippen molar-refractivity contribution in [2.24, 2.45) is 0 Å². The maximum atomic E-state index is 11.1. The van der Waals surface area contributed by atoms with E-state index in [1.54, 1.807) is 18.6 Å². The van der Waals surface area contributed by atoms with Crippen LogP contribution in [0.2, 0.25) is 0 Å². The third-order valence-corrected chi connectivity index (χ3v) is 4.08. The number of hydrogen-bond acceptors (Lipinski definition) is 6. The lowest BCUT2D eigenvalue weighted by molar-refractivity contribution is 0.617. The minimum absolute atomic E-state index is 0.327. The van der Waals surface area contributed by atoms with Gasteiger partial charge >= 0.3 is 5.69 Å². The van der Waals surface area contributed by atoms with Crippen molar-refractivity contribution in [1.82, 2.24) is 34.5 Å². The highest BCUT2D eigenvalue weighted by Crippen LogP contribution is 2.19. The van der Waals surface area contributed by atoms with E-state index < -0.39 is 5.69 Å². The van der Waals surface area contributed by atoms with Crippen LogP contribution in [0, 0.1) is 0 Å². The third-order valence-electron chi connectivity index (χ3n) is 4.08. The summed E-state index contributed by atoms with van der Waals surface area (Å²) < 4.78 is 2.12. The van der Waals surface area contributed by atoms with Crippen molar-refractivity contribution >= 4 is 11.0 Å². The smallest absolute Gasteiger partial charge is 0.328 e. The van der Waals surface area contributed by atoms with Crippen LogP contribution < -0.4 is 5.69 Å². The number of aromatic amines is 1. The maximum absolute atomic E-state index is 11.1. The molecule has 4 heterocycles. The van der Waals surface area contributed by atoms with Gasteiger partial charge < -0.3 is 9.55 Å². The molecule has 4 aromatic rings. The molecule has 0 radical (unpaired) electrons. The van der Waals surface area contributed by atoms with E-state index in [4.69, 9.17) is 0 Å². The summed E-state index contributed by atoms with van der Waals surface area (Å²) in [4.78, 5) is 35.0. The van der Waals surface area contributed by atoms with Crippen molar-refractivity contribution in [3.05, 3.63) is 65.1 Å². The van der Waals surface area contributed by atoms with Crippen molar-refractivity contribution in [2.75, 3.05) is 0 Å². The normalized spacial score (nSPS) is 11.3. The summed E-state index contributed by atoms with van der Waals surface area (Å²) in [5.41, 5.74) is 3.94. The summed E-state index contributed by atoms with van der Waals surface area (Å²) in [5.74, 6) is 0.513. The molecule has 0 saturated heterocycles. The predicted octanol–water partition coefficient (Wildman–Crippen LogP) is 2.14. The monoisotopic (exact) mass is 347 g/mol. The highest BCUT2D eigenvalue weighted by Gasteiger charge is 2.09. The van der Waals surface area contributed by atoms with Crippen LogP contribution in [0.25, 0.3) is 22.4 Å². The molecule has 0 aliphatic carbocycles. The Bertz CT molecular complexity index is 1110. The van der Waals surface area contributed by atoms with Crippen LogP contribution in [0.5, 0.6) is 0 Å². The molecule has 4 rings (SSSR count). The van der Waals surface area contributed by atoms with Gasteiger partial charge in [0.05, 0.1) is 29.3 Å². The highest BCUT2D eigenvalue weighted by atomic mass is 16.1. The van der Waals surface area contributed by atoms with Crippen LogP contribution >= 0.6 is 0 Å². The molecular formula is C18H17N7O. The van der Waals surface area contributed by atoms with Gasteiger partial charge in [0, 0.05) is 36.7 Å². The summed E-state index contributed by atoms with van der Waals surface area (Å²) in [6, 6.07) is 4.23. The van der Waals surface area contributed by atoms with Gasteiger partial charge in [0.15, 0.2) is 5.82 Å². The lowest BCUT2D eigenvalue weighted by atomic mass is 10.2.